The second-order valence-corrected chi connectivity index (χ2v) is 5.45. The molecule has 4 aliphatic rings. The largest absolute Gasteiger partial charge is 0.151 e. The Labute approximate surface area is 79.1 Å². The molecule has 3 atom stereocenters. The van der Waals surface area contributed by atoms with Crippen molar-refractivity contribution in [1.29, 1.82) is 0 Å². The fourth-order valence-electron chi connectivity index (χ4n) is 4.21. The third-order valence-electron chi connectivity index (χ3n) is 4.53. The zero-order chi connectivity index (χ0) is 8.84. The van der Waals surface area contributed by atoms with Crippen LogP contribution in [0.3, 0.4) is 0 Å². The van der Waals surface area contributed by atoms with Crippen LogP contribution >= 0.6 is 0 Å². The molecule has 0 saturated heterocycles. The second kappa shape index (κ2) is 2.79. The zero-order valence-electron chi connectivity index (χ0n) is 7.98. The Morgan fingerprint density at radius 1 is 0.769 bits per heavy atom. The van der Waals surface area contributed by atoms with E-state index in [1.54, 1.807) is 0 Å². The molecule has 4 rings (SSSR count). The van der Waals surface area contributed by atoms with E-state index in [1.165, 1.54) is 32.1 Å². The molecule has 0 spiro atoms. The first-order valence-corrected chi connectivity index (χ1v) is 5.67. The van der Waals surface area contributed by atoms with Gasteiger partial charge in [-0.2, -0.15) is 4.91 Å². The summed E-state index contributed by atoms with van der Waals surface area (Å²) in [6, 6.07) is 0.181. The highest BCUT2D eigenvalue weighted by atomic mass is 16.3. The molecule has 0 aromatic rings. The van der Waals surface area contributed by atoms with Crippen LogP contribution in [-0.2, 0) is 0 Å². The maximum Gasteiger partial charge on any atom is 0.0950 e. The molecule has 3 unspecified atom stereocenters. The minimum atomic E-state index is 0.181. The monoisotopic (exact) mass is 179 g/mol. The lowest BCUT2D eigenvalue weighted by molar-refractivity contribution is 0.131. The van der Waals surface area contributed by atoms with Crippen LogP contribution in [0.4, 0.5) is 0 Å². The SMILES string of the molecule is O=NC1CC2CC3CC(C2)CC1C3. The van der Waals surface area contributed by atoms with Crippen molar-refractivity contribution in [3.63, 3.8) is 0 Å². The summed E-state index contributed by atoms with van der Waals surface area (Å²) >= 11 is 0. The van der Waals surface area contributed by atoms with Crippen molar-refractivity contribution in [2.45, 2.75) is 44.6 Å². The molecule has 0 aromatic carbocycles. The highest BCUT2D eigenvalue weighted by molar-refractivity contribution is 4.96. The van der Waals surface area contributed by atoms with E-state index in [0.29, 0.717) is 5.92 Å². The van der Waals surface area contributed by atoms with Crippen molar-refractivity contribution in [3.05, 3.63) is 4.91 Å². The van der Waals surface area contributed by atoms with Gasteiger partial charge in [0.1, 0.15) is 0 Å². The number of hydrogen-bond donors (Lipinski definition) is 0. The van der Waals surface area contributed by atoms with Crippen LogP contribution in [0.5, 0.6) is 0 Å². The van der Waals surface area contributed by atoms with Gasteiger partial charge in [-0.15, -0.1) is 0 Å². The molecule has 0 aliphatic heterocycles. The first-order chi connectivity index (χ1) is 6.35. The van der Waals surface area contributed by atoms with Crippen LogP contribution < -0.4 is 0 Å². The van der Waals surface area contributed by atoms with Crippen molar-refractivity contribution in [2.24, 2.45) is 28.8 Å². The van der Waals surface area contributed by atoms with Crippen molar-refractivity contribution >= 4 is 0 Å². The van der Waals surface area contributed by atoms with Crippen LogP contribution in [0, 0.1) is 28.6 Å². The summed E-state index contributed by atoms with van der Waals surface area (Å²) in [6.45, 7) is 0. The van der Waals surface area contributed by atoms with E-state index in [4.69, 9.17) is 0 Å². The molecule has 2 nitrogen and oxygen atoms in total. The molecule has 4 aliphatic carbocycles. The van der Waals surface area contributed by atoms with Gasteiger partial charge in [0.05, 0.1) is 6.04 Å². The number of nitrogens with zero attached hydrogens (tertiary/aromatic N) is 1. The molecule has 13 heavy (non-hydrogen) atoms. The molecular weight excluding hydrogens is 162 g/mol. The number of fused-ring (bicyclic) bond motifs is 1. The summed E-state index contributed by atoms with van der Waals surface area (Å²) in [6.07, 6.45) is 7.99. The first-order valence-electron chi connectivity index (χ1n) is 5.67. The van der Waals surface area contributed by atoms with Crippen molar-refractivity contribution in [2.75, 3.05) is 0 Å². The van der Waals surface area contributed by atoms with Crippen LogP contribution in [0.2, 0.25) is 0 Å². The van der Waals surface area contributed by atoms with E-state index < -0.39 is 0 Å². The van der Waals surface area contributed by atoms with Crippen molar-refractivity contribution in [1.82, 2.24) is 0 Å². The number of hydrogen-bond acceptors (Lipinski definition) is 2. The van der Waals surface area contributed by atoms with Gasteiger partial charge < -0.3 is 0 Å². The molecule has 0 aromatic heterocycles. The lowest BCUT2D eigenvalue weighted by atomic mass is 9.67. The van der Waals surface area contributed by atoms with Crippen LogP contribution in [-0.4, -0.2) is 6.04 Å². The normalized spacial score (nSPS) is 53.4. The molecule has 72 valence electrons. The minimum Gasteiger partial charge on any atom is -0.151 e. The predicted molar refractivity (Wildman–Crippen MR) is 51.2 cm³/mol. The van der Waals surface area contributed by atoms with Gasteiger partial charge in [-0.25, -0.2) is 0 Å². The van der Waals surface area contributed by atoms with E-state index >= 15 is 0 Å². The lowest BCUT2D eigenvalue weighted by Gasteiger charge is -2.38. The predicted octanol–water partition coefficient (Wildman–Crippen LogP) is 2.97. The Bertz CT molecular complexity index is 214. The average Bonchev–Trinajstić information content (AvgIpc) is 2.29. The molecule has 0 radical (unpaired) electrons. The Morgan fingerprint density at radius 3 is 1.85 bits per heavy atom. The minimum absolute atomic E-state index is 0.181. The summed E-state index contributed by atoms with van der Waals surface area (Å²) < 4.78 is 0. The number of nitroso groups, excluding NO2 is 1. The summed E-state index contributed by atoms with van der Waals surface area (Å²) in [5, 5.41) is 3.36. The Morgan fingerprint density at radius 2 is 1.31 bits per heavy atom. The van der Waals surface area contributed by atoms with Gasteiger partial charge in [-0.3, -0.25) is 0 Å². The zero-order valence-corrected chi connectivity index (χ0v) is 7.98. The maximum absolute atomic E-state index is 10.7. The summed E-state index contributed by atoms with van der Waals surface area (Å²) in [5.41, 5.74) is 0. The fraction of sp³-hybridized carbons (Fsp3) is 1.00. The Kier molecular flexibility index (Phi) is 1.71. The molecule has 2 heteroatoms. The van der Waals surface area contributed by atoms with Gasteiger partial charge >= 0.3 is 0 Å². The van der Waals surface area contributed by atoms with Crippen molar-refractivity contribution in [3.8, 4) is 0 Å². The third kappa shape index (κ3) is 1.22. The quantitative estimate of drug-likeness (QED) is 0.569. The molecular formula is C11H17NO. The van der Waals surface area contributed by atoms with Gasteiger partial charge in [-0.05, 0) is 62.2 Å². The standard InChI is InChI=1S/C11H17NO/c13-12-11-6-9-2-7-1-8(3-9)5-10(11)4-7/h7-11H,1-6H2. The Balaban J connectivity index is 1.90. The van der Waals surface area contributed by atoms with E-state index in [0.717, 1.165) is 24.2 Å². The van der Waals surface area contributed by atoms with Crippen LogP contribution in [0.15, 0.2) is 5.18 Å². The summed E-state index contributed by atoms with van der Waals surface area (Å²) in [7, 11) is 0. The van der Waals surface area contributed by atoms with Gasteiger partial charge in [0.2, 0.25) is 0 Å². The van der Waals surface area contributed by atoms with Gasteiger partial charge in [-0.1, -0.05) is 5.18 Å². The molecule has 0 amide bonds. The molecule has 0 heterocycles. The maximum atomic E-state index is 10.7. The topological polar surface area (TPSA) is 29.4 Å². The highest BCUT2D eigenvalue weighted by Crippen LogP contribution is 2.51. The van der Waals surface area contributed by atoms with E-state index in [-0.39, 0.29) is 6.04 Å². The summed E-state index contributed by atoms with van der Waals surface area (Å²) in [4.78, 5) is 10.7. The van der Waals surface area contributed by atoms with E-state index in [9.17, 15) is 4.91 Å². The van der Waals surface area contributed by atoms with Gasteiger partial charge in [0.25, 0.3) is 0 Å². The Hall–Kier alpha value is -0.400. The highest BCUT2D eigenvalue weighted by Gasteiger charge is 2.44. The molecule has 4 fully saturated rings. The number of rotatable bonds is 1. The first kappa shape index (κ1) is 7.95. The van der Waals surface area contributed by atoms with Crippen LogP contribution in [0.1, 0.15) is 38.5 Å². The molecule has 4 saturated carbocycles. The molecule has 0 N–H and O–H groups in total. The average molecular weight is 179 g/mol. The lowest BCUT2D eigenvalue weighted by Crippen LogP contribution is -2.28. The second-order valence-electron chi connectivity index (χ2n) is 5.45. The fourth-order valence-corrected chi connectivity index (χ4v) is 4.21. The van der Waals surface area contributed by atoms with E-state index in [1.807, 2.05) is 0 Å². The summed E-state index contributed by atoms with van der Waals surface area (Å²) in [5.74, 6) is 3.41. The van der Waals surface area contributed by atoms with Crippen LogP contribution in [0.25, 0.3) is 0 Å². The van der Waals surface area contributed by atoms with E-state index in [2.05, 4.69) is 5.18 Å². The molecule has 4 bridgehead atoms. The van der Waals surface area contributed by atoms with Crippen molar-refractivity contribution < 1.29 is 0 Å². The van der Waals surface area contributed by atoms with Gasteiger partial charge in [0.15, 0.2) is 0 Å². The third-order valence-corrected chi connectivity index (χ3v) is 4.53. The van der Waals surface area contributed by atoms with Gasteiger partial charge in [0, 0.05) is 0 Å². The smallest absolute Gasteiger partial charge is 0.0950 e.